The van der Waals surface area contributed by atoms with Crippen molar-refractivity contribution in [3.8, 4) is 0 Å². The van der Waals surface area contributed by atoms with Gasteiger partial charge >= 0.3 is 0 Å². The molecule has 0 radical (unpaired) electrons. The van der Waals surface area contributed by atoms with Crippen molar-refractivity contribution in [1.29, 1.82) is 0 Å². The summed E-state index contributed by atoms with van der Waals surface area (Å²) in [6, 6.07) is 7.74. The van der Waals surface area contributed by atoms with E-state index in [9.17, 15) is 9.18 Å². The monoisotopic (exact) mass is 443 g/mol. The fourth-order valence-corrected chi connectivity index (χ4v) is 5.87. The van der Waals surface area contributed by atoms with Crippen LogP contribution in [-0.4, -0.2) is 46.9 Å². The molecule has 168 valence electrons. The SMILES string of the molecule is Cc1ccc(C(C)(C)N2CC[C@@](CCc3ccc(F)s3)(CN3CCCCC3=O)C2)cn1. The maximum Gasteiger partial charge on any atom is 0.222 e. The first-order valence-electron chi connectivity index (χ1n) is 11.5. The molecule has 6 heteroatoms. The molecule has 1 atom stereocenters. The molecule has 0 saturated carbocycles. The summed E-state index contributed by atoms with van der Waals surface area (Å²) in [5, 5.41) is -0.115. The third-order valence-electron chi connectivity index (χ3n) is 7.32. The van der Waals surface area contributed by atoms with Gasteiger partial charge in [-0.3, -0.25) is 14.7 Å². The molecule has 2 aliphatic rings. The zero-order chi connectivity index (χ0) is 22.1. The number of aryl methyl sites for hydroxylation is 2. The number of halogens is 1. The number of hydrogen-bond donors (Lipinski definition) is 0. The second-order valence-corrected chi connectivity index (χ2v) is 11.0. The lowest BCUT2D eigenvalue weighted by Gasteiger charge is -2.40. The Hall–Kier alpha value is -1.79. The van der Waals surface area contributed by atoms with E-state index in [0.29, 0.717) is 12.3 Å². The van der Waals surface area contributed by atoms with Gasteiger partial charge in [0.15, 0.2) is 5.13 Å². The van der Waals surface area contributed by atoms with Crippen molar-refractivity contribution in [1.82, 2.24) is 14.8 Å². The van der Waals surface area contributed by atoms with Crippen LogP contribution < -0.4 is 0 Å². The second kappa shape index (κ2) is 8.99. The molecule has 2 fully saturated rings. The highest BCUT2D eigenvalue weighted by atomic mass is 32.1. The third kappa shape index (κ3) is 5.01. The van der Waals surface area contributed by atoms with Crippen LogP contribution in [0.15, 0.2) is 30.5 Å². The first-order chi connectivity index (χ1) is 14.8. The predicted octanol–water partition coefficient (Wildman–Crippen LogP) is 5.16. The Bertz CT molecular complexity index is 910. The molecule has 2 saturated heterocycles. The molecular weight excluding hydrogens is 409 g/mol. The first kappa shape index (κ1) is 22.4. The maximum absolute atomic E-state index is 13.5. The van der Waals surface area contributed by atoms with Gasteiger partial charge in [0.1, 0.15) is 0 Å². The van der Waals surface area contributed by atoms with Gasteiger partial charge in [0.2, 0.25) is 5.91 Å². The number of likely N-dealkylation sites (tertiary alicyclic amines) is 2. The molecule has 0 bridgehead atoms. The topological polar surface area (TPSA) is 36.4 Å². The van der Waals surface area contributed by atoms with E-state index in [1.807, 2.05) is 19.2 Å². The number of carbonyl (C=O) groups is 1. The number of aromatic nitrogens is 1. The number of nitrogens with zero attached hydrogens (tertiary/aromatic N) is 3. The lowest BCUT2D eigenvalue weighted by Crippen LogP contribution is -2.47. The van der Waals surface area contributed by atoms with E-state index in [0.717, 1.165) is 68.9 Å². The van der Waals surface area contributed by atoms with Gasteiger partial charge in [-0.25, -0.2) is 0 Å². The van der Waals surface area contributed by atoms with Crippen molar-refractivity contribution in [3.63, 3.8) is 0 Å². The second-order valence-electron chi connectivity index (χ2n) is 9.90. The van der Waals surface area contributed by atoms with Gasteiger partial charge in [-0.1, -0.05) is 6.07 Å². The molecule has 0 aromatic carbocycles. The summed E-state index contributed by atoms with van der Waals surface area (Å²) in [5.41, 5.74) is 2.18. The minimum Gasteiger partial charge on any atom is -0.342 e. The predicted molar refractivity (Wildman–Crippen MR) is 124 cm³/mol. The minimum atomic E-state index is -0.122. The lowest BCUT2D eigenvalue weighted by atomic mass is 9.80. The summed E-state index contributed by atoms with van der Waals surface area (Å²) in [5.74, 6) is 0.299. The van der Waals surface area contributed by atoms with Crippen molar-refractivity contribution >= 4 is 17.2 Å². The van der Waals surface area contributed by atoms with Crippen molar-refractivity contribution in [2.75, 3.05) is 26.2 Å². The summed E-state index contributed by atoms with van der Waals surface area (Å²) in [6.45, 7) is 10.2. The van der Waals surface area contributed by atoms with Crippen molar-refractivity contribution in [2.24, 2.45) is 5.41 Å². The Morgan fingerprint density at radius 2 is 2.03 bits per heavy atom. The Labute approximate surface area is 189 Å². The number of rotatable bonds is 7. The number of pyridine rings is 1. The third-order valence-corrected chi connectivity index (χ3v) is 8.26. The van der Waals surface area contributed by atoms with Gasteiger partial charge in [0.25, 0.3) is 0 Å². The number of hydrogen-bond acceptors (Lipinski definition) is 4. The molecule has 2 aromatic rings. The largest absolute Gasteiger partial charge is 0.342 e. The Morgan fingerprint density at radius 3 is 2.71 bits per heavy atom. The quantitative estimate of drug-likeness (QED) is 0.593. The summed E-state index contributed by atoms with van der Waals surface area (Å²) < 4.78 is 13.5. The van der Waals surface area contributed by atoms with Gasteiger partial charge in [0.05, 0.1) is 0 Å². The first-order valence-corrected chi connectivity index (χ1v) is 12.3. The molecule has 0 N–H and O–H groups in total. The number of thiophene rings is 1. The van der Waals surface area contributed by atoms with Gasteiger partial charge < -0.3 is 4.90 Å². The van der Waals surface area contributed by atoms with Crippen LogP contribution >= 0.6 is 11.3 Å². The van der Waals surface area contributed by atoms with Gasteiger partial charge in [0, 0.05) is 53.8 Å². The van der Waals surface area contributed by atoms with E-state index < -0.39 is 0 Å². The van der Waals surface area contributed by atoms with E-state index in [-0.39, 0.29) is 16.1 Å². The molecule has 4 rings (SSSR count). The molecule has 2 aliphatic heterocycles. The number of amides is 1. The van der Waals surface area contributed by atoms with Crippen LogP contribution in [0, 0.1) is 17.5 Å². The Balaban J connectivity index is 1.53. The zero-order valence-corrected chi connectivity index (χ0v) is 19.8. The van der Waals surface area contributed by atoms with Gasteiger partial charge in [-0.05, 0) is 83.2 Å². The zero-order valence-electron chi connectivity index (χ0n) is 19.0. The molecule has 0 aliphatic carbocycles. The molecule has 4 heterocycles. The lowest BCUT2D eigenvalue weighted by molar-refractivity contribution is -0.135. The van der Waals surface area contributed by atoms with Crippen LogP contribution in [0.1, 0.15) is 62.1 Å². The minimum absolute atomic E-state index is 0.0445. The van der Waals surface area contributed by atoms with Crippen LogP contribution in [0.2, 0.25) is 0 Å². The highest BCUT2D eigenvalue weighted by molar-refractivity contribution is 7.10. The van der Waals surface area contributed by atoms with E-state index in [1.54, 1.807) is 6.07 Å². The van der Waals surface area contributed by atoms with E-state index in [1.165, 1.54) is 16.9 Å². The summed E-state index contributed by atoms with van der Waals surface area (Å²) in [6.07, 6.45) is 7.70. The molecular formula is C25H34FN3OS. The average molecular weight is 444 g/mol. The van der Waals surface area contributed by atoms with Gasteiger partial charge in [-0.2, -0.15) is 4.39 Å². The van der Waals surface area contributed by atoms with E-state index >= 15 is 0 Å². The normalized spacial score (nSPS) is 23.0. The molecule has 2 aromatic heterocycles. The average Bonchev–Trinajstić information content (AvgIpc) is 3.36. The van der Waals surface area contributed by atoms with Crippen LogP contribution in [-0.2, 0) is 16.8 Å². The molecule has 0 unspecified atom stereocenters. The Kier molecular flexibility index (Phi) is 6.50. The molecule has 0 spiro atoms. The number of piperidine rings is 1. The van der Waals surface area contributed by atoms with Crippen LogP contribution in [0.5, 0.6) is 0 Å². The van der Waals surface area contributed by atoms with Crippen LogP contribution in [0.25, 0.3) is 0 Å². The van der Waals surface area contributed by atoms with Crippen LogP contribution in [0.3, 0.4) is 0 Å². The van der Waals surface area contributed by atoms with Gasteiger partial charge in [-0.15, -0.1) is 11.3 Å². The number of carbonyl (C=O) groups excluding carboxylic acids is 1. The van der Waals surface area contributed by atoms with E-state index in [2.05, 4.69) is 40.8 Å². The standard InChI is InChI=1S/C25H34FN3OS/c1-19-7-8-20(16-27-19)24(2,3)29-15-13-25(18-29,12-11-21-9-10-22(26)31-21)17-28-14-5-4-6-23(28)30/h7-10,16H,4-6,11-15,17-18H2,1-3H3/t25-/m0/s1. The van der Waals surface area contributed by atoms with Crippen LogP contribution in [0.4, 0.5) is 4.39 Å². The summed E-state index contributed by atoms with van der Waals surface area (Å²) in [7, 11) is 0. The highest BCUT2D eigenvalue weighted by Crippen LogP contribution is 2.42. The molecule has 31 heavy (non-hydrogen) atoms. The molecule has 4 nitrogen and oxygen atoms in total. The summed E-state index contributed by atoms with van der Waals surface area (Å²) in [4.78, 5) is 22.9. The molecule has 1 amide bonds. The fourth-order valence-electron chi connectivity index (χ4n) is 5.15. The summed E-state index contributed by atoms with van der Waals surface area (Å²) >= 11 is 1.25. The van der Waals surface area contributed by atoms with Crippen molar-refractivity contribution < 1.29 is 9.18 Å². The Morgan fingerprint density at radius 1 is 1.19 bits per heavy atom. The fraction of sp³-hybridized carbons (Fsp3) is 0.600. The van der Waals surface area contributed by atoms with Crippen molar-refractivity contribution in [3.05, 3.63) is 51.7 Å². The van der Waals surface area contributed by atoms with E-state index in [4.69, 9.17) is 0 Å². The highest BCUT2D eigenvalue weighted by Gasteiger charge is 2.45. The maximum atomic E-state index is 13.5. The smallest absolute Gasteiger partial charge is 0.222 e. The van der Waals surface area contributed by atoms with Crippen molar-refractivity contribution in [2.45, 2.75) is 64.8 Å².